The van der Waals surface area contributed by atoms with Crippen LogP contribution in [-0.4, -0.2) is 33.2 Å². The summed E-state index contributed by atoms with van der Waals surface area (Å²) in [5.74, 6) is 1.49. The van der Waals surface area contributed by atoms with Gasteiger partial charge in [-0.25, -0.2) is 9.97 Å². The fourth-order valence-corrected chi connectivity index (χ4v) is 2.69. The Morgan fingerprint density at radius 2 is 2.09 bits per heavy atom. The Kier molecular flexibility index (Phi) is 3.19. The minimum absolute atomic E-state index is 0.259. The molecule has 0 saturated heterocycles. The smallest absolute Gasteiger partial charge is 0.231 e. The standard InChI is InChI=1S/C15H12N4O2S/c1-22-15-16-5-4-11(18-15)10-7-17-19-14(10)9-2-3-12-13(6-9)21-8-20-12/h2-7H,8H2,1H3,(H,17,19). The number of aromatic amines is 1. The van der Waals surface area contributed by atoms with Gasteiger partial charge in [0, 0.05) is 23.5 Å². The molecular formula is C15H12N4O2S. The summed E-state index contributed by atoms with van der Waals surface area (Å²) in [6.45, 7) is 0.259. The lowest BCUT2D eigenvalue weighted by molar-refractivity contribution is 0.174. The van der Waals surface area contributed by atoms with Crippen LogP contribution in [0.3, 0.4) is 0 Å². The van der Waals surface area contributed by atoms with E-state index in [2.05, 4.69) is 20.2 Å². The second-order valence-corrected chi connectivity index (χ2v) is 5.42. The Bertz CT molecular complexity index is 834. The maximum atomic E-state index is 5.43. The molecule has 0 unspecified atom stereocenters. The second-order valence-electron chi connectivity index (χ2n) is 4.64. The summed E-state index contributed by atoms with van der Waals surface area (Å²) in [7, 11) is 0. The first-order valence-corrected chi connectivity index (χ1v) is 7.89. The first kappa shape index (κ1) is 13.1. The van der Waals surface area contributed by atoms with Gasteiger partial charge >= 0.3 is 0 Å². The number of hydrogen-bond donors (Lipinski definition) is 1. The molecule has 4 rings (SSSR count). The van der Waals surface area contributed by atoms with Crippen LogP contribution in [0.15, 0.2) is 41.8 Å². The summed E-state index contributed by atoms with van der Waals surface area (Å²) in [6.07, 6.45) is 5.55. The van der Waals surface area contributed by atoms with Crippen molar-refractivity contribution >= 4 is 11.8 Å². The normalized spacial score (nSPS) is 12.6. The molecular weight excluding hydrogens is 300 g/mol. The van der Waals surface area contributed by atoms with E-state index < -0.39 is 0 Å². The molecule has 0 saturated carbocycles. The van der Waals surface area contributed by atoms with E-state index >= 15 is 0 Å². The number of H-pyrrole nitrogens is 1. The molecule has 1 aromatic carbocycles. The quantitative estimate of drug-likeness (QED) is 0.592. The minimum Gasteiger partial charge on any atom is -0.454 e. The molecule has 0 fully saturated rings. The monoisotopic (exact) mass is 312 g/mol. The van der Waals surface area contributed by atoms with Gasteiger partial charge in [0.1, 0.15) is 5.69 Å². The van der Waals surface area contributed by atoms with Gasteiger partial charge in [-0.1, -0.05) is 11.8 Å². The summed E-state index contributed by atoms with van der Waals surface area (Å²) in [5.41, 5.74) is 3.53. The highest BCUT2D eigenvalue weighted by molar-refractivity contribution is 7.98. The van der Waals surface area contributed by atoms with Gasteiger partial charge in [-0.05, 0) is 30.5 Å². The zero-order valence-corrected chi connectivity index (χ0v) is 12.6. The molecule has 1 N–H and O–H groups in total. The summed E-state index contributed by atoms with van der Waals surface area (Å²) in [5, 5.41) is 8.00. The lowest BCUT2D eigenvalue weighted by Gasteiger charge is -2.04. The molecule has 110 valence electrons. The van der Waals surface area contributed by atoms with Crippen LogP contribution in [-0.2, 0) is 0 Å². The molecule has 0 radical (unpaired) electrons. The number of thioether (sulfide) groups is 1. The van der Waals surface area contributed by atoms with E-state index in [0.717, 1.165) is 39.2 Å². The molecule has 6 nitrogen and oxygen atoms in total. The maximum Gasteiger partial charge on any atom is 0.231 e. The third-order valence-corrected chi connectivity index (χ3v) is 3.94. The van der Waals surface area contributed by atoms with Crippen LogP contribution in [0.5, 0.6) is 11.5 Å². The van der Waals surface area contributed by atoms with Crippen LogP contribution >= 0.6 is 11.8 Å². The van der Waals surface area contributed by atoms with Gasteiger partial charge in [-0.2, -0.15) is 5.10 Å². The van der Waals surface area contributed by atoms with Gasteiger partial charge in [-0.15, -0.1) is 0 Å². The van der Waals surface area contributed by atoms with E-state index in [1.165, 1.54) is 11.8 Å². The second kappa shape index (κ2) is 5.34. The zero-order valence-electron chi connectivity index (χ0n) is 11.7. The van der Waals surface area contributed by atoms with Gasteiger partial charge in [0.05, 0.1) is 5.69 Å². The van der Waals surface area contributed by atoms with E-state index in [1.807, 2.05) is 36.7 Å². The highest BCUT2D eigenvalue weighted by Crippen LogP contribution is 2.37. The van der Waals surface area contributed by atoms with Crippen molar-refractivity contribution < 1.29 is 9.47 Å². The Morgan fingerprint density at radius 3 is 3.00 bits per heavy atom. The average Bonchev–Trinajstić information content (AvgIpc) is 3.23. The van der Waals surface area contributed by atoms with E-state index in [-0.39, 0.29) is 6.79 Å². The third kappa shape index (κ3) is 2.19. The number of benzene rings is 1. The predicted octanol–water partition coefficient (Wildman–Crippen LogP) is 2.98. The number of hydrogen-bond acceptors (Lipinski definition) is 6. The van der Waals surface area contributed by atoms with Crippen molar-refractivity contribution in [2.24, 2.45) is 0 Å². The Hall–Kier alpha value is -2.54. The molecule has 7 heteroatoms. The average molecular weight is 312 g/mol. The van der Waals surface area contributed by atoms with Crippen LogP contribution in [0.1, 0.15) is 0 Å². The lowest BCUT2D eigenvalue weighted by atomic mass is 10.1. The van der Waals surface area contributed by atoms with Crippen LogP contribution in [0, 0.1) is 0 Å². The number of ether oxygens (including phenoxy) is 2. The molecule has 0 amide bonds. The van der Waals surface area contributed by atoms with Gasteiger partial charge < -0.3 is 9.47 Å². The number of nitrogens with one attached hydrogen (secondary N) is 1. The molecule has 0 spiro atoms. The number of fused-ring (bicyclic) bond motifs is 1. The van der Waals surface area contributed by atoms with Crippen LogP contribution in [0.25, 0.3) is 22.5 Å². The fourth-order valence-electron chi connectivity index (χ4n) is 2.34. The predicted molar refractivity (Wildman–Crippen MR) is 83.0 cm³/mol. The lowest BCUT2D eigenvalue weighted by Crippen LogP contribution is -1.92. The largest absolute Gasteiger partial charge is 0.454 e. The number of aromatic nitrogens is 4. The van der Waals surface area contributed by atoms with Crippen molar-refractivity contribution in [3.8, 4) is 34.0 Å². The molecule has 0 bridgehead atoms. The fraction of sp³-hybridized carbons (Fsp3) is 0.133. The SMILES string of the molecule is CSc1nccc(-c2c[nH]nc2-c2ccc3c(c2)OCO3)n1. The van der Waals surface area contributed by atoms with Crippen molar-refractivity contribution in [3.05, 3.63) is 36.7 Å². The van der Waals surface area contributed by atoms with E-state index in [4.69, 9.17) is 9.47 Å². The highest BCUT2D eigenvalue weighted by Gasteiger charge is 2.17. The van der Waals surface area contributed by atoms with Gasteiger partial charge in [0.25, 0.3) is 0 Å². The molecule has 3 heterocycles. The van der Waals surface area contributed by atoms with Crippen LogP contribution < -0.4 is 9.47 Å². The summed E-state index contributed by atoms with van der Waals surface area (Å²) in [4.78, 5) is 8.73. The van der Waals surface area contributed by atoms with E-state index in [1.54, 1.807) is 6.20 Å². The van der Waals surface area contributed by atoms with E-state index in [9.17, 15) is 0 Å². The molecule has 2 aromatic heterocycles. The highest BCUT2D eigenvalue weighted by atomic mass is 32.2. The summed E-state index contributed by atoms with van der Waals surface area (Å²) >= 11 is 1.51. The first-order valence-electron chi connectivity index (χ1n) is 6.66. The van der Waals surface area contributed by atoms with Crippen molar-refractivity contribution in [2.45, 2.75) is 5.16 Å². The molecule has 1 aliphatic heterocycles. The number of rotatable bonds is 3. The minimum atomic E-state index is 0.259. The van der Waals surface area contributed by atoms with Crippen LogP contribution in [0.2, 0.25) is 0 Å². The van der Waals surface area contributed by atoms with Crippen molar-refractivity contribution in [3.63, 3.8) is 0 Å². The Balaban J connectivity index is 1.79. The van der Waals surface area contributed by atoms with Crippen molar-refractivity contribution in [2.75, 3.05) is 13.0 Å². The number of nitrogens with zero attached hydrogens (tertiary/aromatic N) is 3. The Labute approximate surface area is 130 Å². The molecule has 0 aliphatic carbocycles. The zero-order chi connectivity index (χ0) is 14.9. The summed E-state index contributed by atoms with van der Waals surface area (Å²) < 4.78 is 10.8. The maximum absolute atomic E-state index is 5.43. The molecule has 0 atom stereocenters. The van der Waals surface area contributed by atoms with E-state index in [0.29, 0.717) is 0 Å². The van der Waals surface area contributed by atoms with Crippen molar-refractivity contribution in [1.82, 2.24) is 20.2 Å². The van der Waals surface area contributed by atoms with Gasteiger partial charge in [0.15, 0.2) is 16.7 Å². The van der Waals surface area contributed by atoms with Gasteiger partial charge in [0.2, 0.25) is 6.79 Å². The molecule has 1 aliphatic rings. The molecule has 3 aromatic rings. The first-order chi connectivity index (χ1) is 10.8. The summed E-state index contributed by atoms with van der Waals surface area (Å²) in [6, 6.07) is 7.66. The Morgan fingerprint density at radius 1 is 1.18 bits per heavy atom. The van der Waals surface area contributed by atoms with Gasteiger partial charge in [-0.3, -0.25) is 5.10 Å². The third-order valence-electron chi connectivity index (χ3n) is 3.38. The van der Waals surface area contributed by atoms with Crippen LogP contribution in [0.4, 0.5) is 0 Å². The molecule has 22 heavy (non-hydrogen) atoms. The topological polar surface area (TPSA) is 72.9 Å². The van der Waals surface area contributed by atoms with Crippen molar-refractivity contribution in [1.29, 1.82) is 0 Å².